The molecule has 0 bridgehead atoms. The van der Waals surface area contributed by atoms with Crippen molar-refractivity contribution in [2.45, 2.75) is 32.9 Å². The van der Waals surface area contributed by atoms with E-state index in [9.17, 15) is 0 Å². The molecule has 0 saturated heterocycles. The SMILES string of the molecule is Cc1csc(CNC(C)Cc2ccccc2Cl)n1. The van der Waals surface area contributed by atoms with E-state index in [1.54, 1.807) is 11.3 Å². The second kappa shape index (κ2) is 6.32. The van der Waals surface area contributed by atoms with Crippen molar-refractivity contribution in [1.29, 1.82) is 0 Å². The summed E-state index contributed by atoms with van der Waals surface area (Å²) in [6.45, 7) is 5.01. The lowest BCUT2D eigenvalue weighted by Gasteiger charge is -2.13. The summed E-state index contributed by atoms with van der Waals surface area (Å²) in [6.07, 6.45) is 0.935. The molecule has 0 fully saturated rings. The number of hydrogen-bond acceptors (Lipinski definition) is 3. The van der Waals surface area contributed by atoms with Crippen molar-refractivity contribution >= 4 is 22.9 Å². The molecule has 1 N–H and O–H groups in total. The number of halogens is 1. The summed E-state index contributed by atoms with van der Waals surface area (Å²) in [7, 11) is 0. The first-order chi connectivity index (χ1) is 8.65. The highest BCUT2D eigenvalue weighted by Crippen LogP contribution is 2.17. The first-order valence-corrected chi connectivity index (χ1v) is 7.28. The molecule has 1 unspecified atom stereocenters. The molecule has 18 heavy (non-hydrogen) atoms. The third-order valence-corrected chi connectivity index (χ3v) is 4.09. The maximum atomic E-state index is 6.15. The van der Waals surface area contributed by atoms with Gasteiger partial charge in [0.25, 0.3) is 0 Å². The molecule has 0 amide bonds. The average Bonchev–Trinajstić information content (AvgIpc) is 2.76. The minimum Gasteiger partial charge on any atom is -0.308 e. The molecular formula is C14H17ClN2S. The molecule has 2 aromatic rings. The highest BCUT2D eigenvalue weighted by Gasteiger charge is 2.07. The van der Waals surface area contributed by atoms with Gasteiger partial charge in [0.1, 0.15) is 5.01 Å². The summed E-state index contributed by atoms with van der Waals surface area (Å²) in [5.41, 5.74) is 2.28. The van der Waals surface area contributed by atoms with Gasteiger partial charge in [-0.25, -0.2) is 4.98 Å². The second-order valence-corrected chi connectivity index (χ2v) is 5.81. The van der Waals surface area contributed by atoms with Crippen LogP contribution in [0.25, 0.3) is 0 Å². The van der Waals surface area contributed by atoms with Gasteiger partial charge >= 0.3 is 0 Å². The molecule has 1 heterocycles. The van der Waals surface area contributed by atoms with Crippen LogP contribution in [0.1, 0.15) is 23.2 Å². The number of nitrogens with zero attached hydrogens (tertiary/aromatic N) is 1. The van der Waals surface area contributed by atoms with E-state index in [-0.39, 0.29) is 0 Å². The molecule has 0 spiro atoms. The van der Waals surface area contributed by atoms with Gasteiger partial charge in [0, 0.05) is 28.7 Å². The van der Waals surface area contributed by atoms with Gasteiger partial charge in [-0.3, -0.25) is 0 Å². The van der Waals surface area contributed by atoms with Crippen molar-refractivity contribution < 1.29 is 0 Å². The first-order valence-electron chi connectivity index (χ1n) is 6.03. The summed E-state index contributed by atoms with van der Waals surface area (Å²) in [5, 5.41) is 7.54. The van der Waals surface area contributed by atoms with E-state index in [2.05, 4.69) is 28.7 Å². The maximum absolute atomic E-state index is 6.15. The zero-order valence-corrected chi connectivity index (χ0v) is 12.2. The zero-order valence-electron chi connectivity index (χ0n) is 10.6. The molecule has 2 rings (SSSR count). The molecule has 0 saturated carbocycles. The highest BCUT2D eigenvalue weighted by molar-refractivity contribution is 7.09. The topological polar surface area (TPSA) is 24.9 Å². The summed E-state index contributed by atoms with van der Waals surface area (Å²) in [4.78, 5) is 4.44. The van der Waals surface area contributed by atoms with Crippen molar-refractivity contribution in [3.63, 3.8) is 0 Å². The Morgan fingerprint density at radius 1 is 1.39 bits per heavy atom. The van der Waals surface area contributed by atoms with Crippen molar-refractivity contribution in [3.8, 4) is 0 Å². The van der Waals surface area contributed by atoms with Gasteiger partial charge < -0.3 is 5.32 Å². The van der Waals surface area contributed by atoms with Gasteiger partial charge in [0.15, 0.2) is 0 Å². The number of hydrogen-bond donors (Lipinski definition) is 1. The van der Waals surface area contributed by atoms with E-state index in [1.807, 2.05) is 25.1 Å². The maximum Gasteiger partial charge on any atom is 0.107 e. The van der Waals surface area contributed by atoms with Gasteiger partial charge in [-0.2, -0.15) is 0 Å². The minimum atomic E-state index is 0.383. The summed E-state index contributed by atoms with van der Waals surface area (Å²) >= 11 is 7.85. The third kappa shape index (κ3) is 3.80. The molecule has 96 valence electrons. The van der Waals surface area contributed by atoms with E-state index in [0.29, 0.717) is 6.04 Å². The summed E-state index contributed by atoms with van der Waals surface area (Å²) in [5.74, 6) is 0. The average molecular weight is 281 g/mol. The predicted octanol–water partition coefficient (Wildman–Crippen LogP) is 3.83. The smallest absolute Gasteiger partial charge is 0.107 e. The largest absolute Gasteiger partial charge is 0.308 e. The van der Waals surface area contributed by atoms with Crippen LogP contribution in [0.15, 0.2) is 29.6 Å². The summed E-state index contributed by atoms with van der Waals surface area (Å²) in [6, 6.07) is 8.39. The Hall–Kier alpha value is -0.900. The van der Waals surface area contributed by atoms with E-state index in [1.165, 1.54) is 5.56 Å². The van der Waals surface area contributed by atoms with Crippen LogP contribution in [0.4, 0.5) is 0 Å². The molecule has 1 aromatic carbocycles. The number of thiazole rings is 1. The van der Waals surface area contributed by atoms with Crippen molar-refractivity contribution in [2.75, 3.05) is 0 Å². The van der Waals surface area contributed by atoms with Gasteiger partial charge in [0.2, 0.25) is 0 Å². The molecule has 1 aromatic heterocycles. The highest BCUT2D eigenvalue weighted by atomic mass is 35.5. The number of rotatable bonds is 5. The molecule has 4 heteroatoms. The van der Waals surface area contributed by atoms with Crippen LogP contribution in [0.2, 0.25) is 5.02 Å². The lowest BCUT2D eigenvalue weighted by Crippen LogP contribution is -2.27. The van der Waals surface area contributed by atoms with Gasteiger partial charge in [-0.1, -0.05) is 29.8 Å². The lowest BCUT2D eigenvalue weighted by atomic mass is 10.1. The minimum absolute atomic E-state index is 0.383. The van der Waals surface area contributed by atoms with Crippen LogP contribution in [0.3, 0.4) is 0 Å². The number of benzene rings is 1. The van der Waals surface area contributed by atoms with Crippen molar-refractivity contribution in [2.24, 2.45) is 0 Å². The van der Waals surface area contributed by atoms with Crippen LogP contribution >= 0.6 is 22.9 Å². The summed E-state index contributed by atoms with van der Waals surface area (Å²) < 4.78 is 0. The number of aromatic nitrogens is 1. The monoisotopic (exact) mass is 280 g/mol. The fourth-order valence-corrected chi connectivity index (χ4v) is 2.75. The number of aryl methyl sites for hydroxylation is 1. The van der Waals surface area contributed by atoms with Crippen LogP contribution in [0, 0.1) is 6.92 Å². The fourth-order valence-electron chi connectivity index (χ4n) is 1.81. The Bertz CT molecular complexity index is 510. The predicted molar refractivity (Wildman–Crippen MR) is 78.3 cm³/mol. The van der Waals surface area contributed by atoms with Gasteiger partial charge in [-0.05, 0) is 31.9 Å². The van der Waals surface area contributed by atoms with Gasteiger partial charge in [-0.15, -0.1) is 11.3 Å². The molecule has 2 nitrogen and oxygen atoms in total. The Kier molecular flexibility index (Phi) is 4.75. The normalized spacial score (nSPS) is 12.6. The Balaban J connectivity index is 1.85. The zero-order chi connectivity index (χ0) is 13.0. The molecule has 0 aliphatic rings. The van der Waals surface area contributed by atoms with E-state index >= 15 is 0 Å². The lowest BCUT2D eigenvalue weighted by molar-refractivity contribution is 0.544. The molecule has 0 aliphatic heterocycles. The fraction of sp³-hybridized carbons (Fsp3) is 0.357. The Morgan fingerprint density at radius 3 is 2.83 bits per heavy atom. The standard InChI is InChI=1S/C14H17ClN2S/c1-10(7-12-5-3-4-6-13(12)15)16-8-14-17-11(2)9-18-14/h3-6,9-10,16H,7-8H2,1-2H3. The first kappa shape index (κ1) is 13.5. The third-order valence-electron chi connectivity index (χ3n) is 2.75. The quantitative estimate of drug-likeness (QED) is 0.900. The molecule has 0 radical (unpaired) electrons. The Labute approximate surface area is 117 Å². The molecule has 1 atom stereocenters. The van der Waals surface area contributed by atoms with E-state index in [4.69, 9.17) is 11.6 Å². The Morgan fingerprint density at radius 2 is 2.17 bits per heavy atom. The van der Waals surface area contributed by atoms with Crippen LogP contribution in [-0.4, -0.2) is 11.0 Å². The number of nitrogens with one attached hydrogen (secondary N) is 1. The van der Waals surface area contributed by atoms with Crippen LogP contribution < -0.4 is 5.32 Å². The molecule has 0 aliphatic carbocycles. The van der Waals surface area contributed by atoms with Gasteiger partial charge in [0.05, 0.1) is 0 Å². The van der Waals surface area contributed by atoms with E-state index in [0.717, 1.165) is 28.7 Å². The van der Waals surface area contributed by atoms with Crippen molar-refractivity contribution in [3.05, 3.63) is 50.9 Å². The van der Waals surface area contributed by atoms with Crippen LogP contribution in [0.5, 0.6) is 0 Å². The molecular weight excluding hydrogens is 264 g/mol. The van der Waals surface area contributed by atoms with Crippen molar-refractivity contribution in [1.82, 2.24) is 10.3 Å². The second-order valence-electron chi connectivity index (χ2n) is 4.46. The van der Waals surface area contributed by atoms with E-state index < -0.39 is 0 Å². The van der Waals surface area contributed by atoms with Crippen LogP contribution in [-0.2, 0) is 13.0 Å².